The fourth-order valence-electron chi connectivity index (χ4n) is 3.75. The van der Waals surface area contributed by atoms with Gasteiger partial charge in [-0.1, -0.05) is 63.4 Å². The number of hydrogen-bond donors (Lipinski definition) is 3. The van der Waals surface area contributed by atoms with Crippen LogP contribution in [-0.2, 0) is 35.2 Å². The maximum absolute atomic E-state index is 12.6. The number of carbonyl (C=O) groups is 4. The van der Waals surface area contributed by atoms with Crippen LogP contribution in [0.4, 0.5) is 4.79 Å². The largest absolute Gasteiger partial charge is 0.464 e. The van der Waals surface area contributed by atoms with Gasteiger partial charge in [-0.2, -0.15) is 0 Å². The summed E-state index contributed by atoms with van der Waals surface area (Å²) in [7, 11) is 0. The third-order valence-electron chi connectivity index (χ3n) is 5.74. The topological polar surface area (TPSA) is 135 Å². The number of rotatable bonds is 17. The van der Waals surface area contributed by atoms with Gasteiger partial charge >= 0.3 is 12.1 Å². The van der Waals surface area contributed by atoms with Gasteiger partial charge in [0.15, 0.2) is 12.2 Å². The second-order valence-corrected chi connectivity index (χ2v) is 9.47. The average molecular weight is 520 g/mol. The molecule has 0 aliphatic carbocycles. The Labute approximate surface area is 219 Å². The van der Waals surface area contributed by atoms with Crippen molar-refractivity contribution >= 4 is 23.9 Å². The van der Waals surface area contributed by atoms with Gasteiger partial charge in [-0.3, -0.25) is 9.59 Å². The molecule has 3 atom stereocenters. The van der Waals surface area contributed by atoms with Crippen LogP contribution >= 0.6 is 0 Å². The zero-order valence-electron chi connectivity index (χ0n) is 22.1. The summed E-state index contributed by atoms with van der Waals surface area (Å²) in [6, 6.07) is 8.84. The molecule has 37 heavy (non-hydrogen) atoms. The van der Waals surface area contributed by atoms with E-state index in [-0.39, 0.29) is 25.0 Å². The molecule has 2 rings (SSSR count). The molecule has 0 unspecified atom stereocenters. The quantitative estimate of drug-likeness (QED) is 0.164. The number of alkyl carbamates (subject to hydrolysis) is 1. The minimum Gasteiger partial charge on any atom is -0.464 e. The Hall–Kier alpha value is -3.14. The summed E-state index contributed by atoms with van der Waals surface area (Å²) in [4.78, 5) is 48.5. The van der Waals surface area contributed by atoms with Crippen LogP contribution in [0.2, 0.25) is 0 Å². The van der Waals surface area contributed by atoms with Crippen LogP contribution in [0.25, 0.3) is 0 Å². The summed E-state index contributed by atoms with van der Waals surface area (Å²) in [5.74, 6) is -1.09. The Morgan fingerprint density at radius 3 is 2.19 bits per heavy atom. The fourth-order valence-corrected chi connectivity index (χ4v) is 3.75. The highest BCUT2D eigenvalue weighted by Crippen LogP contribution is 2.24. The van der Waals surface area contributed by atoms with Gasteiger partial charge in [-0.25, -0.2) is 9.59 Å². The van der Waals surface area contributed by atoms with E-state index in [9.17, 15) is 19.2 Å². The maximum atomic E-state index is 12.6. The number of nitrogens with one attached hydrogen (secondary N) is 3. The van der Waals surface area contributed by atoms with Crippen molar-refractivity contribution in [1.82, 2.24) is 16.0 Å². The van der Waals surface area contributed by atoms with E-state index in [0.717, 1.165) is 37.7 Å². The first-order valence-corrected chi connectivity index (χ1v) is 13.2. The smallest absolute Gasteiger partial charge is 0.407 e. The molecule has 1 aromatic rings. The SMILES string of the molecule is CCOC(=O)[C@H]1O[C@@H]1C(=O)N[C@@H](CC(C)C)C(=O)NCCCCCCCNC(=O)OCc1ccccc1. The molecule has 0 spiro atoms. The fraction of sp³-hybridized carbons (Fsp3) is 0.630. The second kappa shape index (κ2) is 16.6. The van der Waals surface area contributed by atoms with Crippen molar-refractivity contribution < 1.29 is 33.4 Å². The van der Waals surface area contributed by atoms with Crippen LogP contribution in [-0.4, -0.2) is 61.8 Å². The van der Waals surface area contributed by atoms with E-state index in [4.69, 9.17) is 14.2 Å². The van der Waals surface area contributed by atoms with Gasteiger partial charge < -0.3 is 30.2 Å². The van der Waals surface area contributed by atoms with Crippen molar-refractivity contribution in [3.05, 3.63) is 35.9 Å². The predicted octanol–water partition coefficient (Wildman–Crippen LogP) is 2.84. The molecule has 1 fully saturated rings. The number of unbranched alkanes of at least 4 members (excludes halogenated alkanes) is 4. The van der Waals surface area contributed by atoms with Crippen molar-refractivity contribution in [1.29, 1.82) is 0 Å². The lowest BCUT2D eigenvalue weighted by atomic mass is 10.0. The van der Waals surface area contributed by atoms with Gasteiger partial charge in [0.2, 0.25) is 5.91 Å². The van der Waals surface area contributed by atoms with Gasteiger partial charge in [0, 0.05) is 13.1 Å². The molecular weight excluding hydrogens is 478 g/mol. The average Bonchev–Trinajstić information content (AvgIpc) is 3.68. The molecule has 0 aromatic heterocycles. The van der Waals surface area contributed by atoms with Gasteiger partial charge in [0.25, 0.3) is 5.91 Å². The number of hydrogen-bond acceptors (Lipinski definition) is 7. The van der Waals surface area contributed by atoms with E-state index >= 15 is 0 Å². The molecular formula is C27H41N3O7. The second-order valence-electron chi connectivity index (χ2n) is 9.47. The maximum Gasteiger partial charge on any atom is 0.407 e. The van der Waals surface area contributed by atoms with Crippen molar-refractivity contribution in [2.45, 2.75) is 84.2 Å². The molecule has 1 saturated heterocycles. The summed E-state index contributed by atoms with van der Waals surface area (Å²) in [6.07, 6.45) is 2.83. The standard InChI is InChI=1S/C27H41N3O7/c1-4-35-26(33)23-22(37-23)25(32)30-21(17-19(2)3)24(31)28-15-11-6-5-7-12-16-29-27(34)36-18-20-13-9-8-10-14-20/h8-10,13-14,19,21-23H,4-7,11-12,15-18H2,1-3H3,(H,28,31)(H,29,34)(H,30,32)/t21-,22-,23-/m0/s1. The van der Waals surface area contributed by atoms with E-state index in [1.807, 2.05) is 44.2 Å². The van der Waals surface area contributed by atoms with Crippen LogP contribution in [0, 0.1) is 5.92 Å². The van der Waals surface area contributed by atoms with E-state index in [0.29, 0.717) is 19.5 Å². The number of carbonyl (C=O) groups excluding carboxylic acids is 4. The molecule has 206 valence electrons. The monoisotopic (exact) mass is 519 g/mol. The van der Waals surface area contributed by atoms with Crippen LogP contribution in [0.5, 0.6) is 0 Å². The Morgan fingerprint density at radius 1 is 0.892 bits per heavy atom. The predicted molar refractivity (Wildman–Crippen MR) is 137 cm³/mol. The number of ether oxygens (including phenoxy) is 3. The third-order valence-corrected chi connectivity index (χ3v) is 5.74. The van der Waals surface area contributed by atoms with Gasteiger partial charge in [0.1, 0.15) is 12.6 Å². The van der Waals surface area contributed by atoms with Gasteiger partial charge in [0.05, 0.1) is 6.61 Å². The lowest BCUT2D eigenvalue weighted by molar-refractivity contribution is -0.144. The summed E-state index contributed by atoms with van der Waals surface area (Å²) >= 11 is 0. The minimum absolute atomic E-state index is 0.196. The number of benzene rings is 1. The lowest BCUT2D eigenvalue weighted by Crippen LogP contribution is -2.49. The van der Waals surface area contributed by atoms with Gasteiger partial charge in [-0.05, 0) is 37.7 Å². The summed E-state index contributed by atoms with van der Waals surface area (Å²) in [5.41, 5.74) is 0.946. The normalized spacial score (nSPS) is 17.0. The first-order chi connectivity index (χ1) is 17.8. The highest BCUT2D eigenvalue weighted by atomic mass is 16.6. The molecule has 0 radical (unpaired) electrons. The Bertz CT molecular complexity index is 863. The highest BCUT2D eigenvalue weighted by molar-refractivity contribution is 5.95. The third kappa shape index (κ3) is 12.1. The Kier molecular flexibility index (Phi) is 13.5. The summed E-state index contributed by atoms with van der Waals surface area (Å²) in [5, 5.41) is 8.36. The highest BCUT2D eigenvalue weighted by Gasteiger charge is 2.52. The number of esters is 1. The Morgan fingerprint density at radius 2 is 1.54 bits per heavy atom. The molecule has 1 aliphatic rings. The summed E-state index contributed by atoms with van der Waals surface area (Å²) in [6.45, 7) is 7.16. The first kappa shape index (κ1) is 30.1. The molecule has 1 heterocycles. The number of epoxide rings is 1. The van der Waals surface area contributed by atoms with E-state index < -0.39 is 36.2 Å². The molecule has 1 aliphatic heterocycles. The van der Waals surface area contributed by atoms with Crippen LogP contribution in [0.1, 0.15) is 64.9 Å². The number of amides is 3. The summed E-state index contributed by atoms with van der Waals surface area (Å²) < 4.78 is 15.2. The van der Waals surface area contributed by atoms with Crippen molar-refractivity contribution in [2.75, 3.05) is 19.7 Å². The molecule has 3 amide bonds. The first-order valence-electron chi connectivity index (χ1n) is 13.2. The van der Waals surface area contributed by atoms with Crippen molar-refractivity contribution in [3.8, 4) is 0 Å². The molecule has 1 aromatic carbocycles. The van der Waals surface area contributed by atoms with Crippen LogP contribution in [0.15, 0.2) is 30.3 Å². The van der Waals surface area contributed by atoms with E-state index in [1.165, 1.54) is 0 Å². The zero-order chi connectivity index (χ0) is 27.0. The molecule has 10 nitrogen and oxygen atoms in total. The van der Waals surface area contributed by atoms with Crippen LogP contribution in [0.3, 0.4) is 0 Å². The van der Waals surface area contributed by atoms with Crippen molar-refractivity contribution in [2.24, 2.45) is 5.92 Å². The lowest BCUT2D eigenvalue weighted by Gasteiger charge is -2.20. The molecule has 0 saturated carbocycles. The molecule has 0 bridgehead atoms. The minimum atomic E-state index is -0.901. The van der Waals surface area contributed by atoms with Gasteiger partial charge in [-0.15, -0.1) is 0 Å². The van der Waals surface area contributed by atoms with E-state index in [1.54, 1.807) is 6.92 Å². The zero-order valence-corrected chi connectivity index (χ0v) is 22.1. The van der Waals surface area contributed by atoms with Crippen LogP contribution < -0.4 is 16.0 Å². The van der Waals surface area contributed by atoms with Crippen molar-refractivity contribution in [3.63, 3.8) is 0 Å². The molecule has 10 heteroatoms. The molecule has 3 N–H and O–H groups in total. The Balaban J connectivity index is 1.53. The van der Waals surface area contributed by atoms with E-state index in [2.05, 4.69) is 16.0 Å².